The number of benzene rings is 2. The van der Waals surface area contributed by atoms with Gasteiger partial charge in [0.05, 0.1) is 0 Å². The lowest BCUT2D eigenvalue weighted by molar-refractivity contribution is -0.117. The molecule has 0 bridgehead atoms. The normalized spacial score (nSPS) is 12.9. The first-order chi connectivity index (χ1) is 17.3. The minimum atomic E-state index is -0.922. The summed E-state index contributed by atoms with van der Waals surface area (Å²) in [6.45, 7) is 0. The highest BCUT2D eigenvalue weighted by Crippen LogP contribution is 2.33. The van der Waals surface area contributed by atoms with E-state index in [2.05, 4.69) is 15.3 Å². The molecule has 1 aliphatic rings. The van der Waals surface area contributed by atoms with Crippen molar-refractivity contribution in [3.05, 3.63) is 84.1 Å². The van der Waals surface area contributed by atoms with Crippen LogP contribution >= 0.6 is 0 Å². The number of imidazole rings is 1. The fourth-order valence-electron chi connectivity index (χ4n) is 3.56. The van der Waals surface area contributed by atoms with Crippen molar-refractivity contribution >= 4 is 17.6 Å². The number of aromatic nitrogens is 3. The van der Waals surface area contributed by atoms with Gasteiger partial charge in [-0.25, -0.2) is 23.1 Å². The van der Waals surface area contributed by atoms with E-state index in [1.54, 1.807) is 0 Å². The second-order valence-electron chi connectivity index (χ2n) is 8.14. The molecule has 4 aromatic rings. The Labute approximate surface area is 202 Å². The number of carbonyl (C=O) groups is 2. The van der Waals surface area contributed by atoms with Crippen LogP contribution in [0.3, 0.4) is 0 Å². The third-order valence-electron chi connectivity index (χ3n) is 5.49. The molecular formula is C25H18F3N5O3. The molecule has 182 valence electrons. The molecule has 2 aromatic carbocycles. The number of primary amides is 1. The highest BCUT2D eigenvalue weighted by molar-refractivity contribution is 5.93. The summed E-state index contributed by atoms with van der Waals surface area (Å²) in [7, 11) is 0. The average Bonchev–Trinajstić information content (AvgIpc) is 3.60. The van der Waals surface area contributed by atoms with E-state index in [1.807, 2.05) is 0 Å². The quantitative estimate of drug-likeness (QED) is 0.391. The summed E-state index contributed by atoms with van der Waals surface area (Å²) in [6, 6.07) is 9.99. The first kappa shape index (κ1) is 23.1. The maximum absolute atomic E-state index is 15.0. The number of nitrogens with two attached hydrogens (primary N) is 1. The Balaban J connectivity index is 1.46. The molecule has 1 fully saturated rings. The number of nitrogens with one attached hydrogen (secondary N) is 1. The summed E-state index contributed by atoms with van der Waals surface area (Å²) in [4.78, 5) is 31.8. The molecular weight excluding hydrogens is 475 g/mol. The zero-order valence-corrected chi connectivity index (χ0v) is 18.5. The van der Waals surface area contributed by atoms with Crippen molar-refractivity contribution in [1.29, 1.82) is 0 Å². The molecule has 36 heavy (non-hydrogen) atoms. The predicted octanol–water partition coefficient (Wildman–Crippen LogP) is 4.59. The Bertz CT molecular complexity index is 1480. The zero-order valence-electron chi connectivity index (χ0n) is 18.5. The van der Waals surface area contributed by atoms with Gasteiger partial charge in [-0.1, -0.05) is 6.07 Å². The Morgan fingerprint density at radius 2 is 1.78 bits per heavy atom. The van der Waals surface area contributed by atoms with Crippen molar-refractivity contribution < 1.29 is 27.5 Å². The lowest BCUT2D eigenvalue weighted by Crippen LogP contribution is -2.14. The Kier molecular flexibility index (Phi) is 5.88. The molecule has 5 rings (SSSR count). The molecule has 1 saturated carbocycles. The zero-order chi connectivity index (χ0) is 25.4. The molecule has 2 aromatic heterocycles. The molecule has 2 amide bonds. The summed E-state index contributed by atoms with van der Waals surface area (Å²) in [5.41, 5.74) is 4.66. The van der Waals surface area contributed by atoms with E-state index >= 15 is 4.39 Å². The van der Waals surface area contributed by atoms with Crippen LogP contribution in [0.15, 0.2) is 60.9 Å². The van der Waals surface area contributed by atoms with Crippen LogP contribution in [0.5, 0.6) is 11.5 Å². The van der Waals surface area contributed by atoms with E-state index < -0.39 is 29.0 Å². The maximum Gasteiger partial charge on any atom is 0.268 e. The van der Waals surface area contributed by atoms with E-state index in [0.29, 0.717) is 0 Å². The van der Waals surface area contributed by atoms with Crippen LogP contribution in [0.1, 0.15) is 23.3 Å². The fraction of sp³-hybridized carbons (Fsp3) is 0.120. The monoisotopic (exact) mass is 493 g/mol. The van der Waals surface area contributed by atoms with E-state index in [-0.39, 0.29) is 46.2 Å². The number of hydrogen-bond acceptors (Lipinski definition) is 5. The number of anilines is 1. The van der Waals surface area contributed by atoms with Crippen LogP contribution in [0, 0.1) is 23.4 Å². The standard InChI is InChI=1S/C25H18F3N5O3/c26-16-2-1-3-17(27)22(16)33-12-19(23(29)34)31-24(33)14-6-7-20(18(28)10-14)36-15-8-9-30-21(11-15)32-25(35)13-4-5-13/h1-3,6-13H,4-5H2,(H2,29,34)(H,30,32,35). The molecule has 0 spiro atoms. The molecule has 0 radical (unpaired) electrons. The Hall–Kier alpha value is -4.67. The van der Waals surface area contributed by atoms with Gasteiger partial charge in [0, 0.05) is 29.9 Å². The second kappa shape index (κ2) is 9.17. The number of para-hydroxylation sites is 1. The van der Waals surface area contributed by atoms with Crippen LogP contribution in [-0.2, 0) is 4.79 Å². The number of amides is 2. The van der Waals surface area contributed by atoms with Crippen molar-refractivity contribution in [2.45, 2.75) is 12.8 Å². The molecule has 1 aliphatic carbocycles. The molecule has 0 saturated heterocycles. The van der Waals surface area contributed by atoms with Gasteiger partial charge in [0.2, 0.25) is 5.91 Å². The van der Waals surface area contributed by atoms with Gasteiger partial charge in [0.25, 0.3) is 5.91 Å². The average molecular weight is 493 g/mol. The van der Waals surface area contributed by atoms with Crippen LogP contribution in [0.4, 0.5) is 19.0 Å². The smallest absolute Gasteiger partial charge is 0.268 e. The summed E-state index contributed by atoms with van der Waals surface area (Å²) in [5, 5.41) is 2.68. The van der Waals surface area contributed by atoms with Crippen LogP contribution in [0.2, 0.25) is 0 Å². The second-order valence-corrected chi connectivity index (χ2v) is 8.14. The number of nitrogens with zero attached hydrogens (tertiary/aromatic N) is 3. The molecule has 11 heteroatoms. The van der Waals surface area contributed by atoms with Gasteiger partial charge >= 0.3 is 0 Å². The SMILES string of the molecule is NC(=O)c1cn(-c2c(F)cccc2F)c(-c2ccc(Oc3ccnc(NC(=O)C4CC4)c3)c(F)c2)n1. The fourth-order valence-corrected chi connectivity index (χ4v) is 3.56. The molecule has 0 atom stereocenters. The minimum Gasteiger partial charge on any atom is -0.454 e. The van der Waals surface area contributed by atoms with Crippen LogP contribution in [-0.4, -0.2) is 26.3 Å². The minimum absolute atomic E-state index is 0.0122. The highest BCUT2D eigenvalue weighted by Gasteiger charge is 2.29. The third kappa shape index (κ3) is 4.63. The Morgan fingerprint density at radius 3 is 2.44 bits per heavy atom. The molecule has 0 aliphatic heterocycles. The number of pyridine rings is 1. The van der Waals surface area contributed by atoms with Crippen LogP contribution in [0.25, 0.3) is 17.1 Å². The predicted molar refractivity (Wildman–Crippen MR) is 123 cm³/mol. The molecule has 0 unspecified atom stereocenters. The summed E-state index contributed by atoms with van der Waals surface area (Å²) in [6.07, 6.45) is 4.16. The van der Waals surface area contributed by atoms with E-state index in [0.717, 1.165) is 41.8 Å². The molecule has 2 heterocycles. The van der Waals surface area contributed by atoms with Gasteiger partial charge in [0.1, 0.15) is 40.4 Å². The van der Waals surface area contributed by atoms with Crippen molar-refractivity contribution in [3.63, 3.8) is 0 Å². The number of carbonyl (C=O) groups excluding carboxylic acids is 2. The largest absolute Gasteiger partial charge is 0.454 e. The van der Waals surface area contributed by atoms with Gasteiger partial charge in [0.15, 0.2) is 11.6 Å². The number of ether oxygens (including phenoxy) is 1. The van der Waals surface area contributed by atoms with Gasteiger partial charge in [-0.05, 0) is 49.2 Å². The van der Waals surface area contributed by atoms with E-state index in [9.17, 15) is 18.4 Å². The summed E-state index contributed by atoms with van der Waals surface area (Å²) in [5.74, 6) is -3.45. The number of hydrogen-bond donors (Lipinski definition) is 2. The van der Waals surface area contributed by atoms with Gasteiger partial charge in [-0.2, -0.15) is 0 Å². The summed E-state index contributed by atoms with van der Waals surface area (Å²) < 4.78 is 50.5. The lowest BCUT2D eigenvalue weighted by atomic mass is 10.2. The van der Waals surface area contributed by atoms with Gasteiger partial charge in [-0.15, -0.1) is 0 Å². The van der Waals surface area contributed by atoms with Crippen molar-refractivity contribution in [2.75, 3.05) is 5.32 Å². The van der Waals surface area contributed by atoms with Crippen molar-refractivity contribution in [3.8, 4) is 28.6 Å². The van der Waals surface area contributed by atoms with Crippen molar-refractivity contribution in [2.24, 2.45) is 11.7 Å². The van der Waals surface area contributed by atoms with E-state index in [4.69, 9.17) is 10.5 Å². The van der Waals surface area contributed by atoms with Gasteiger partial charge < -0.3 is 15.8 Å². The van der Waals surface area contributed by atoms with Gasteiger partial charge in [-0.3, -0.25) is 14.2 Å². The first-order valence-corrected chi connectivity index (χ1v) is 10.9. The molecule has 3 N–H and O–H groups in total. The van der Waals surface area contributed by atoms with Crippen LogP contribution < -0.4 is 15.8 Å². The third-order valence-corrected chi connectivity index (χ3v) is 5.49. The summed E-state index contributed by atoms with van der Waals surface area (Å²) >= 11 is 0. The number of halogens is 3. The lowest BCUT2D eigenvalue weighted by Gasteiger charge is -2.12. The maximum atomic E-state index is 15.0. The first-order valence-electron chi connectivity index (χ1n) is 10.9. The number of rotatable bonds is 7. The van der Waals surface area contributed by atoms with Crippen molar-refractivity contribution in [1.82, 2.24) is 14.5 Å². The van der Waals surface area contributed by atoms with E-state index in [1.165, 1.54) is 36.5 Å². The molecule has 8 nitrogen and oxygen atoms in total. The Morgan fingerprint density at radius 1 is 1.03 bits per heavy atom. The highest BCUT2D eigenvalue weighted by atomic mass is 19.1. The topological polar surface area (TPSA) is 112 Å².